The number of anilines is 1. The highest BCUT2D eigenvalue weighted by molar-refractivity contribution is 6.33. The molecule has 1 heterocycles. The van der Waals surface area contributed by atoms with Gasteiger partial charge in [0.2, 0.25) is 6.41 Å². The molecule has 0 unspecified atom stereocenters. The van der Waals surface area contributed by atoms with Crippen LogP contribution in [0.15, 0.2) is 0 Å². The van der Waals surface area contributed by atoms with Gasteiger partial charge in [-0.05, 0) is 6.42 Å². The molecule has 0 aliphatic rings. The van der Waals surface area contributed by atoms with E-state index in [1.807, 2.05) is 6.92 Å². The van der Waals surface area contributed by atoms with Gasteiger partial charge in [-0.1, -0.05) is 18.5 Å². The van der Waals surface area contributed by atoms with E-state index in [9.17, 15) is 4.79 Å². The van der Waals surface area contributed by atoms with Gasteiger partial charge in [-0.3, -0.25) is 9.48 Å². The van der Waals surface area contributed by atoms with E-state index < -0.39 is 0 Å². The van der Waals surface area contributed by atoms with Crippen LogP contribution in [-0.4, -0.2) is 16.2 Å². The quantitative estimate of drug-likeness (QED) is 0.723. The van der Waals surface area contributed by atoms with E-state index in [2.05, 4.69) is 10.4 Å². The average Bonchev–Trinajstić information content (AvgIpc) is 2.32. The molecule has 0 fully saturated rings. The SMILES string of the molecule is CCc1nn(C)c(NC=O)c1Cl. The highest BCUT2D eigenvalue weighted by Gasteiger charge is 2.11. The summed E-state index contributed by atoms with van der Waals surface area (Å²) in [5, 5.41) is 7.12. The Bertz CT molecular complexity index is 295. The molecular weight excluding hydrogens is 178 g/mol. The zero-order valence-corrected chi connectivity index (χ0v) is 7.72. The number of halogens is 1. The largest absolute Gasteiger partial charge is 0.312 e. The third-order valence-corrected chi connectivity index (χ3v) is 1.98. The minimum Gasteiger partial charge on any atom is -0.312 e. The smallest absolute Gasteiger partial charge is 0.212 e. The molecule has 0 saturated heterocycles. The third-order valence-electron chi connectivity index (χ3n) is 1.59. The predicted octanol–water partition coefficient (Wildman–Crippen LogP) is 1.20. The molecule has 0 aromatic carbocycles. The van der Waals surface area contributed by atoms with E-state index in [0.717, 1.165) is 12.1 Å². The van der Waals surface area contributed by atoms with Crippen LogP contribution in [0.3, 0.4) is 0 Å². The molecule has 0 bridgehead atoms. The van der Waals surface area contributed by atoms with Crippen molar-refractivity contribution < 1.29 is 4.79 Å². The van der Waals surface area contributed by atoms with Crippen LogP contribution in [0.5, 0.6) is 0 Å². The second-order valence-electron chi connectivity index (χ2n) is 2.35. The van der Waals surface area contributed by atoms with E-state index in [1.54, 1.807) is 11.7 Å². The number of hydrogen-bond donors (Lipinski definition) is 1. The van der Waals surface area contributed by atoms with E-state index in [0.29, 0.717) is 17.3 Å². The molecule has 0 aliphatic carbocycles. The fourth-order valence-electron chi connectivity index (χ4n) is 0.992. The molecule has 0 spiro atoms. The first kappa shape index (κ1) is 9.06. The number of nitrogens with zero attached hydrogens (tertiary/aromatic N) is 2. The van der Waals surface area contributed by atoms with Gasteiger partial charge in [0.05, 0.1) is 5.69 Å². The fraction of sp³-hybridized carbons (Fsp3) is 0.429. The molecule has 0 saturated carbocycles. The number of carbonyl (C=O) groups excluding carboxylic acids is 1. The van der Waals surface area contributed by atoms with Crippen molar-refractivity contribution in [3.8, 4) is 0 Å². The maximum atomic E-state index is 10.2. The summed E-state index contributed by atoms with van der Waals surface area (Å²) in [4.78, 5) is 10.2. The highest BCUT2D eigenvalue weighted by Crippen LogP contribution is 2.24. The van der Waals surface area contributed by atoms with Crippen LogP contribution in [0.1, 0.15) is 12.6 Å². The lowest BCUT2D eigenvalue weighted by Crippen LogP contribution is -2.01. The van der Waals surface area contributed by atoms with Crippen LogP contribution >= 0.6 is 11.6 Å². The molecule has 0 radical (unpaired) electrons. The Morgan fingerprint density at radius 1 is 1.75 bits per heavy atom. The van der Waals surface area contributed by atoms with E-state index in [4.69, 9.17) is 11.6 Å². The Balaban J connectivity index is 3.09. The van der Waals surface area contributed by atoms with Gasteiger partial charge in [0.1, 0.15) is 10.8 Å². The van der Waals surface area contributed by atoms with Gasteiger partial charge < -0.3 is 5.32 Å². The maximum absolute atomic E-state index is 10.2. The van der Waals surface area contributed by atoms with Crippen molar-refractivity contribution in [2.24, 2.45) is 7.05 Å². The van der Waals surface area contributed by atoms with E-state index in [1.165, 1.54) is 0 Å². The van der Waals surface area contributed by atoms with Gasteiger partial charge in [0.25, 0.3) is 0 Å². The van der Waals surface area contributed by atoms with Gasteiger partial charge in [-0.25, -0.2) is 0 Å². The second kappa shape index (κ2) is 3.58. The van der Waals surface area contributed by atoms with E-state index in [-0.39, 0.29) is 0 Å². The molecule has 0 aliphatic heterocycles. The number of nitrogens with one attached hydrogen (secondary N) is 1. The van der Waals surface area contributed by atoms with Gasteiger partial charge >= 0.3 is 0 Å². The Labute approximate surface area is 75.5 Å². The summed E-state index contributed by atoms with van der Waals surface area (Å²) in [5.41, 5.74) is 0.795. The van der Waals surface area contributed by atoms with Gasteiger partial charge in [0.15, 0.2) is 0 Å². The number of aryl methyl sites for hydroxylation is 2. The summed E-state index contributed by atoms with van der Waals surface area (Å²) in [5.74, 6) is 0.545. The number of amides is 1. The summed E-state index contributed by atoms with van der Waals surface area (Å²) in [6.07, 6.45) is 1.34. The Morgan fingerprint density at radius 3 is 2.83 bits per heavy atom. The molecule has 1 amide bonds. The minimum atomic E-state index is 0.520. The van der Waals surface area contributed by atoms with Crippen molar-refractivity contribution in [3.05, 3.63) is 10.7 Å². The highest BCUT2D eigenvalue weighted by atomic mass is 35.5. The lowest BCUT2D eigenvalue weighted by atomic mass is 10.3. The van der Waals surface area contributed by atoms with Crippen LogP contribution in [0, 0.1) is 0 Å². The molecule has 1 aromatic rings. The van der Waals surface area contributed by atoms with Crippen molar-refractivity contribution in [2.75, 3.05) is 5.32 Å². The molecule has 1 rings (SSSR count). The molecule has 1 N–H and O–H groups in total. The van der Waals surface area contributed by atoms with Crippen molar-refractivity contribution in [2.45, 2.75) is 13.3 Å². The van der Waals surface area contributed by atoms with Crippen LogP contribution in [0.4, 0.5) is 5.82 Å². The maximum Gasteiger partial charge on any atom is 0.212 e. The van der Waals surface area contributed by atoms with Gasteiger partial charge in [-0.2, -0.15) is 5.10 Å². The lowest BCUT2D eigenvalue weighted by Gasteiger charge is -1.97. The summed E-state index contributed by atoms with van der Waals surface area (Å²) >= 11 is 5.90. The Morgan fingerprint density at radius 2 is 2.42 bits per heavy atom. The zero-order valence-electron chi connectivity index (χ0n) is 6.97. The number of rotatable bonds is 3. The number of aromatic nitrogens is 2. The summed E-state index contributed by atoms with van der Waals surface area (Å²) in [7, 11) is 1.73. The van der Waals surface area contributed by atoms with E-state index >= 15 is 0 Å². The van der Waals surface area contributed by atoms with Crippen molar-refractivity contribution in [1.82, 2.24) is 9.78 Å². The number of hydrogen-bond acceptors (Lipinski definition) is 2. The van der Waals surface area contributed by atoms with Gasteiger partial charge in [0, 0.05) is 7.05 Å². The molecule has 12 heavy (non-hydrogen) atoms. The topological polar surface area (TPSA) is 46.9 Å². The lowest BCUT2D eigenvalue weighted by molar-refractivity contribution is -0.105. The monoisotopic (exact) mass is 187 g/mol. The van der Waals surface area contributed by atoms with Crippen LogP contribution in [0.2, 0.25) is 5.02 Å². The van der Waals surface area contributed by atoms with Crippen LogP contribution in [0.25, 0.3) is 0 Å². The molecule has 5 heteroatoms. The summed E-state index contributed by atoms with van der Waals surface area (Å²) < 4.78 is 1.55. The van der Waals surface area contributed by atoms with Crippen LogP contribution in [-0.2, 0) is 18.3 Å². The molecular formula is C7H10ClN3O. The van der Waals surface area contributed by atoms with Crippen molar-refractivity contribution >= 4 is 23.8 Å². The first-order chi connectivity index (χ1) is 5.70. The third kappa shape index (κ3) is 1.43. The summed E-state index contributed by atoms with van der Waals surface area (Å²) in [6, 6.07) is 0. The predicted molar refractivity (Wildman–Crippen MR) is 47.3 cm³/mol. The second-order valence-corrected chi connectivity index (χ2v) is 2.73. The first-order valence-corrected chi connectivity index (χ1v) is 4.00. The van der Waals surface area contributed by atoms with Crippen molar-refractivity contribution in [3.63, 3.8) is 0 Å². The normalized spacial score (nSPS) is 9.92. The average molecular weight is 188 g/mol. The van der Waals surface area contributed by atoms with Crippen LogP contribution < -0.4 is 5.32 Å². The summed E-state index contributed by atoms with van der Waals surface area (Å²) in [6.45, 7) is 1.96. The standard InChI is InChI=1S/C7H10ClN3O/c1-3-5-6(8)7(9-4-12)11(2)10-5/h4H,3H2,1-2H3,(H,9,12). The number of carbonyl (C=O) groups is 1. The Hall–Kier alpha value is -1.03. The molecule has 1 aromatic heterocycles. The minimum absolute atomic E-state index is 0.520. The van der Waals surface area contributed by atoms with Gasteiger partial charge in [-0.15, -0.1) is 0 Å². The zero-order chi connectivity index (χ0) is 9.14. The first-order valence-electron chi connectivity index (χ1n) is 3.62. The molecule has 4 nitrogen and oxygen atoms in total. The molecule has 0 atom stereocenters. The van der Waals surface area contributed by atoms with Crippen molar-refractivity contribution in [1.29, 1.82) is 0 Å². The fourth-order valence-corrected chi connectivity index (χ4v) is 1.34. The molecule has 66 valence electrons. The Kier molecular flexibility index (Phi) is 2.70.